The van der Waals surface area contributed by atoms with Gasteiger partial charge in [0, 0.05) is 41.2 Å². The van der Waals surface area contributed by atoms with E-state index in [4.69, 9.17) is 14.5 Å². The molecule has 0 aliphatic carbocycles. The monoisotopic (exact) mass is 607 g/mol. The summed E-state index contributed by atoms with van der Waals surface area (Å²) in [6, 6.07) is 2.05. The third kappa shape index (κ3) is 4.93. The van der Waals surface area contributed by atoms with Gasteiger partial charge >= 0.3 is 6.09 Å². The summed E-state index contributed by atoms with van der Waals surface area (Å²) in [6.07, 6.45) is 2.73. The smallest absolute Gasteiger partial charge is 0.412 e. The maximum Gasteiger partial charge on any atom is 0.412 e. The molecule has 3 aromatic heterocycles. The van der Waals surface area contributed by atoms with Gasteiger partial charge in [-0.2, -0.15) is 5.26 Å². The topological polar surface area (TPSA) is 116 Å². The van der Waals surface area contributed by atoms with Crippen LogP contribution in [0.25, 0.3) is 32.2 Å². The second kappa shape index (κ2) is 10.3. The number of halogens is 2. The first kappa shape index (κ1) is 29.1. The Morgan fingerprint density at radius 3 is 2.65 bits per heavy atom. The predicted molar refractivity (Wildman–Crippen MR) is 160 cm³/mol. The highest BCUT2D eigenvalue weighted by molar-refractivity contribution is 7.23. The molecule has 0 radical (unpaired) electrons. The zero-order valence-electron chi connectivity index (χ0n) is 24.8. The molecule has 0 saturated carbocycles. The van der Waals surface area contributed by atoms with E-state index in [0.717, 1.165) is 36.1 Å². The number of nitriles is 1. The molecule has 43 heavy (non-hydrogen) atoms. The molecule has 1 atom stereocenters. The zero-order valence-corrected chi connectivity index (χ0v) is 25.6. The van der Waals surface area contributed by atoms with Crippen LogP contribution in [-0.2, 0) is 22.7 Å². The van der Waals surface area contributed by atoms with Crippen molar-refractivity contribution in [3.8, 4) is 17.3 Å². The van der Waals surface area contributed by atoms with Crippen molar-refractivity contribution in [1.82, 2.24) is 19.9 Å². The number of ether oxygens (including phenoxy) is 2. The van der Waals surface area contributed by atoms with Gasteiger partial charge in [0.15, 0.2) is 11.6 Å². The summed E-state index contributed by atoms with van der Waals surface area (Å²) >= 11 is 0.863. The summed E-state index contributed by atoms with van der Waals surface area (Å²) in [6.45, 7) is 9.00. The van der Waals surface area contributed by atoms with Gasteiger partial charge in [0.1, 0.15) is 22.2 Å². The Morgan fingerprint density at radius 2 is 1.98 bits per heavy atom. The van der Waals surface area contributed by atoms with E-state index in [1.165, 1.54) is 0 Å². The average molecular weight is 608 g/mol. The number of benzene rings is 1. The Balaban J connectivity index is 1.53. The molecule has 1 unspecified atom stereocenters. The van der Waals surface area contributed by atoms with Crippen LogP contribution in [0.15, 0.2) is 12.4 Å². The first-order valence-electron chi connectivity index (χ1n) is 13.8. The Kier molecular flexibility index (Phi) is 6.99. The molecule has 4 aromatic rings. The summed E-state index contributed by atoms with van der Waals surface area (Å²) in [5, 5.41) is 13.4. The van der Waals surface area contributed by atoms with Crippen LogP contribution >= 0.6 is 11.3 Å². The number of anilines is 2. The van der Waals surface area contributed by atoms with Gasteiger partial charge in [-0.25, -0.2) is 23.5 Å². The fourth-order valence-corrected chi connectivity index (χ4v) is 6.67. The van der Waals surface area contributed by atoms with E-state index >= 15 is 8.78 Å². The third-order valence-corrected chi connectivity index (χ3v) is 9.25. The molecule has 1 fully saturated rings. The van der Waals surface area contributed by atoms with Crippen molar-refractivity contribution in [3.63, 3.8) is 0 Å². The molecule has 2 aliphatic heterocycles. The molecule has 1 saturated heterocycles. The van der Waals surface area contributed by atoms with Gasteiger partial charge in [-0.05, 0) is 59.3 Å². The lowest BCUT2D eigenvalue weighted by molar-refractivity contribution is 0.0636. The number of pyridine rings is 1. The number of thiophene rings is 1. The van der Waals surface area contributed by atoms with Crippen molar-refractivity contribution in [2.45, 2.75) is 58.5 Å². The summed E-state index contributed by atoms with van der Waals surface area (Å²) in [5.74, 6) is -0.945. The van der Waals surface area contributed by atoms with E-state index < -0.39 is 23.3 Å². The standard InChI is InChI=1S/C30H31F2N7O3S/c1-29(2,3)42-28(40)37-26-15(9-33)21-24(34-11-19(31)25(21)43-26)20-18-13-41-12-17(18)16-10-35-27(36-23(16)22(20)32)39-8-7-30(4,14-39)38(5)6/h10-11H,7-8,12-14H2,1-6H3,(H,37,40). The number of carbonyl (C=O) groups excluding carboxylic acids is 1. The Labute approximate surface area is 251 Å². The number of amides is 1. The third-order valence-electron chi connectivity index (χ3n) is 8.13. The number of nitrogens with zero attached hydrogens (tertiary/aromatic N) is 6. The van der Waals surface area contributed by atoms with Crippen LogP contribution in [-0.4, -0.2) is 64.3 Å². The van der Waals surface area contributed by atoms with Gasteiger partial charge in [0.2, 0.25) is 5.95 Å². The second-order valence-corrected chi connectivity index (χ2v) is 13.4. The first-order valence-corrected chi connectivity index (χ1v) is 14.6. The van der Waals surface area contributed by atoms with Crippen LogP contribution in [0.3, 0.4) is 0 Å². The molecule has 1 aromatic carbocycles. The van der Waals surface area contributed by atoms with E-state index in [1.54, 1.807) is 27.0 Å². The maximum absolute atomic E-state index is 16.7. The molecule has 1 amide bonds. The average Bonchev–Trinajstić information content (AvgIpc) is 3.66. The number of hydrogen-bond acceptors (Lipinski definition) is 10. The largest absolute Gasteiger partial charge is 0.444 e. The predicted octanol–water partition coefficient (Wildman–Crippen LogP) is 5.96. The van der Waals surface area contributed by atoms with Gasteiger partial charge < -0.3 is 19.3 Å². The highest BCUT2D eigenvalue weighted by Crippen LogP contribution is 2.46. The van der Waals surface area contributed by atoms with E-state index in [1.807, 2.05) is 19.0 Å². The molecule has 5 heterocycles. The molecule has 0 spiro atoms. The van der Waals surface area contributed by atoms with Crippen LogP contribution in [0, 0.1) is 23.0 Å². The lowest BCUT2D eigenvalue weighted by Crippen LogP contribution is -2.43. The summed E-state index contributed by atoms with van der Waals surface area (Å²) in [4.78, 5) is 30.3. The minimum absolute atomic E-state index is 0.0385. The highest BCUT2D eigenvalue weighted by Gasteiger charge is 2.37. The summed E-state index contributed by atoms with van der Waals surface area (Å²) in [5.41, 5.74) is 0.621. The normalized spacial score (nSPS) is 18.5. The van der Waals surface area contributed by atoms with Gasteiger partial charge in [-0.1, -0.05) is 0 Å². The summed E-state index contributed by atoms with van der Waals surface area (Å²) in [7, 11) is 4.07. The SMILES string of the molecule is CN(C)C1(C)CCN(c2ncc3c4c(c(-c5ncc(F)c6sc(NC(=O)OC(C)(C)C)c(C#N)c56)c(F)c3n2)COC4)C1. The fraction of sp³-hybridized carbons (Fsp3) is 0.433. The van der Waals surface area contributed by atoms with Crippen molar-refractivity contribution in [3.05, 3.63) is 40.7 Å². The van der Waals surface area contributed by atoms with Crippen LogP contribution in [0.1, 0.15) is 50.8 Å². The van der Waals surface area contributed by atoms with Crippen molar-refractivity contribution >= 4 is 49.4 Å². The molecular formula is C30H31F2N7O3S. The van der Waals surface area contributed by atoms with E-state index in [0.29, 0.717) is 23.4 Å². The number of rotatable bonds is 4. The molecule has 13 heteroatoms. The molecule has 224 valence electrons. The van der Waals surface area contributed by atoms with Crippen molar-refractivity contribution < 1.29 is 23.0 Å². The van der Waals surface area contributed by atoms with Crippen LogP contribution < -0.4 is 10.2 Å². The Bertz CT molecular complexity index is 1850. The minimum Gasteiger partial charge on any atom is -0.444 e. The molecule has 6 rings (SSSR count). The highest BCUT2D eigenvalue weighted by atomic mass is 32.1. The number of likely N-dealkylation sites (N-methyl/N-ethyl adjacent to an activating group) is 1. The zero-order chi connectivity index (χ0) is 30.8. The van der Waals surface area contributed by atoms with Crippen LogP contribution in [0.2, 0.25) is 0 Å². The minimum atomic E-state index is -0.798. The number of hydrogen-bond donors (Lipinski definition) is 1. The summed E-state index contributed by atoms with van der Waals surface area (Å²) < 4.78 is 43.0. The molecule has 1 N–H and O–H groups in total. The first-order chi connectivity index (χ1) is 20.3. The van der Waals surface area contributed by atoms with E-state index in [9.17, 15) is 10.1 Å². The lowest BCUT2D eigenvalue weighted by Gasteiger charge is -2.32. The quantitative estimate of drug-likeness (QED) is 0.300. The Morgan fingerprint density at radius 1 is 1.23 bits per heavy atom. The second-order valence-electron chi connectivity index (χ2n) is 12.3. The number of aromatic nitrogens is 3. The number of carbonyl (C=O) groups is 1. The van der Waals surface area contributed by atoms with Crippen molar-refractivity contribution in [2.75, 3.05) is 37.4 Å². The number of fused-ring (bicyclic) bond motifs is 4. The van der Waals surface area contributed by atoms with Crippen molar-refractivity contribution in [2.24, 2.45) is 0 Å². The fourth-order valence-electron chi connectivity index (χ4n) is 5.63. The maximum atomic E-state index is 16.7. The molecule has 10 nitrogen and oxygen atoms in total. The lowest BCUT2D eigenvalue weighted by atomic mass is 9.94. The van der Waals surface area contributed by atoms with Gasteiger partial charge in [-0.3, -0.25) is 10.3 Å². The molecule has 0 bridgehead atoms. The van der Waals surface area contributed by atoms with Gasteiger partial charge in [-0.15, -0.1) is 11.3 Å². The van der Waals surface area contributed by atoms with E-state index in [-0.39, 0.29) is 56.2 Å². The van der Waals surface area contributed by atoms with Crippen LogP contribution in [0.5, 0.6) is 0 Å². The van der Waals surface area contributed by atoms with E-state index in [2.05, 4.69) is 33.2 Å². The molecular weight excluding hydrogens is 576 g/mol. The molecule has 2 aliphatic rings. The Hall–Kier alpha value is -3.99. The number of nitrogens with one attached hydrogen (secondary N) is 1. The van der Waals surface area contributed by atoms with Gasteiger partial charge in [0.25, 0.3) is 0 Å². The van der Waals surface area contributed by atoms with Crippen molar-refractivity contribution in [1.29, 1.82) is 5.26 Å². The van der Waals surface area contributed by atoms with Gasteiger partial charge in [0.05, 0.1) is 35.4 Å². The van der Waals surface area contributed by atoms with Crippen LogP contribution in [0.4, 0.5) is 24.5 Å².